The average Bonchev–Trinajstić information content (AvgIpc) is 3.02. The Morgan fingerprint density at radius 1 is 1.04 bits per heavy atom. The van der Waals surface area contributed by atoms with Gasteiger partial charge in [-0.15, -0.1) is 10.2 Å². The van der Waals surface area contributed by atoms with Crippen LogP contribution >= 0.6 is 0 Å². The van der Waals surface area contributed by atoms with Crippen molar-refractivity contribution in [3.63, 3.8) is 0 Å². The van der Waals surface area contributed by atoms with Crippen molar-refractivity contribution in [1.82, 2.24) is 15.2 Å². The van der Waals surface area contributed by atoms with Gasteiger partial charge in [0.25, 0.3) is 0 Å². The number of nitrogens with one attached hydrogen (secondary N) is 1. The van der Waals surface area contributed by atoms with Crippen LogP contribution in [0.1, 0.15) is 11.4 Å². The average molecular weight is 334 g/mol. The second-order valence-electron chi connectivity index (χ2n) is 5.06. The molecule has 5 nitrogen and oxygen atoms in total. The zero-order valence-corrected chi connectivity index (χ0v) is 12.3. The molecule has 1 heterocycles. The van der Waals surface area contributed by atoms with E-state index in [2.05, 4.69) is 15.2 Å². The van der Waals surface area contributed by atoms with Crippen molar-refractivity contribution >= 4 is 5.69 Å². The number of nitrogens with two attached hydrogens (primary N) is 1. The smallest absolute Gasteiger partial charge is 0.416 e. The van der Waals surface area contributed by atoms with Gasteiger partial charge < -0.3 is 15.5 Å². The number of nitrogen functional groups attached to an aromatic ring is 1. The molecule has 1 aromatic heterocycles. The molecule has 0 saturated carbocycles. The van der Waals surface area contributed by atoms with Crippen LogP contribution in [0.25, 0.3) is 11.4 Å². The molecule has 0 bridgehead atoms. The van der Waals surface area contributed by atoms with E-state index in [0.717, 1.165) is 17.7 Å². The van der Waals surface area contributed by atoms with Crippen LogP contribution in [0.4, 0.5) is 18.9 Å². The largest absolute Gasteiger partial charge is 0.486 e. The van der Waals surface area contributed by atoms with E-state index in [1.165, 1.54) is 12.1 Å². The van der Waals surface area contributed by atoms with Gasteiger partial charge >= 0.3 is 6.18 Å². The fourth-order valence-electron chi connectivity index (χ4n) is 2.05. The van der Waals surface area contributed by atoms with Crippen molar-refractivity contribution in [3.8, 4) is 17.1 Å². The molecule has 8 heteroatoms. The van der Waals surface area contributed by atoms with Crippen molar-refractivity contribution in [2.24, 2.45) is 0 Å². The van der Waals surface area contributed by atoms with Gasteiger partial charge in [-0.3, -0.25) is 0 Å². The van der Waals surface area contributed by atoms with Crippen LogP contribution in [0, 0.1) is 0 Å². The Balaban J connectivity index is 1.69. The summed E-state index contributed by atoms with van der Waals surface area (Å²) in [5.74, 6) is 1.03. The Kier molecular flexibility index (Phi) is 4.11. The summed E-state index contributed by atoms with van der Waals surface area (Å²) >= 11 is 0. The maximum Gasteiger partial charge on any atom is 0.416 e. The first-order valence-electron chi connectivity index (χ1n) is 6.99. The van der Waals surface area contributed by atoms with Gasteiger partial charge in [-0.25, -0.2) is 0 Å². The van der Waals surface area contributed by atoms with E-state index in [4.69, 9.17) is 10.5 Å². The molecule has 0 aliphatic carbocycles. The van der Waals surface area contributed by atoms with E-state index in [-0.39, 0.29) is 12.4 Å². The predicted octanol–water partition coefficient (Wildman–Crippen LogP) is 3.65. The molecular weight excluding hydrogens is 321 g/mol. The Morgan fingerprint density at radius 3 is 2.50 bits per heavy atom. The van der Waals surface area contributed by atoms with Crippen molar-refractivity contribution in [2.45, 2.75) is 12.8 Å². The summed E-state index contributed by atoms with van der Waals surface area (Å²) < 4.78 is 43.3. The lowest BCUT2D eigenvalue weighted by atomic mass is 10.2. The highest BCUT2D eigenvalue weighted by Crippen LogP contribution is 2.31. The van der Waals surface area contributed by atoms with E-state index in [1.807, 2.05) is 0 Å². The van der Waals surface area contributed by atoms with Crippen molar-refractivity contribution < 1.29 is 17.9 Å². The fraction of sp³-hybridized carbons (Fsp3) is 0.125. The Bertz CT molecular complexity index is 828. The standard InChI is InChI=1S/C16H13F3N4O/c17-16(18,19)11-2-1-3-13(8-11)24-9-14-21-15(23-22-14)10-4-6-12(20)7-5-10/h1-8H,9,20H2,(H,21,22,23). The molecule has 0 aliphatic heterocycles. The minimum absolute atomic E-state index is 0.0245. The van der Waals surface area contributed by atoms with Crippen LogP contribution in [0.2, 0.25) is 0 Å². The van der Waals surface area contributed by atoms with E-state index in [1.54, 1.807) is 24.3 Å². The third-order valence-corrected chi connectivity index (χ3v) is 3.25. The highest BCUT2D eigenvalue weighted by Gasteiger charge is 2.30. The lowest BCUT2D eigenvalue weighted by molar-refractivity contribution is -0.137. The number of nitrogens with zero attached hydrogens (tertiary/aromatic N) is 2. The summed E-state index contributed by atoms with van der Waals surface area (Å²) in [5.41, 5.74) is 6.28. The third kappa shape index (κ3) is 3.65. The highest BCUT2D eigenvalue weighted by molar-refractivity contribution is 5.58. The molecule has 3 rings (SSSR count). The number of hydrogen-bond acceptors (Lipinski definition) is 4. The first kappa shape index (κ1) is 15.9. The van der Waals surface area contributed by atoms with Gasteiger partial charge in [-0.05, 0) is 42.5 Å². The second-order valence-corrected chi connectivity index (χ2v) is 5.06. The Morgan fingerprint density at radius 2 is 1.79 bits per heavy atom. The van der Waals surface area contributed by atoms with Crippen molar-refractivity contribution in [3.05, 3.63) is 59.9 Å². The molecule has 0 aliphatic rings. The van der Waals surface area contributed by atoms with Gasteiger partial charge in [0.2, 0.25) is 0 Å². The molecular formula is C16H13F3N4O. The number of alkyl halides is 3. The summed E-state index contributed by atoms with van der Waals surface area (Å²) in [6.45, 7) is -0.0245. The number of benzene rings is 2. The van der Waals surface area contributed by atoms with Crippen LogP contribution in [-0.2, 0) is 12.8 Å². The lowest BCUT2D eigenvalue weighted by Crippen LogP contribution is -2.05. The first-order valence-corrected chi connectivity index (χ1v) is 6.99. The van der Waals surface area contributed by atoms with Crippen molar-refractivity contribution in [2.75, 3.05) is 5.73 Å². The topological polar surface area (TPSA) is 76.8 Å². The molecule has 3 N–H and O–H groups in total. The van der Waals surface area contributed by atoms with Gasteiger partial charge in [0.05, 0.1) is 5.56 Å². The lowest BCUT2D eigenvalue weighted by Gasteiger charge is -2.09. The molecule has 24 heavy (non-hydrogen) atoms. The number of H-pyrrole nitrogens is 1. The zero-order valence-electron chi connectivity index (χ0n) is 12.3. The molecule has 0 fully saturated rings. The van der Waals surface area contributed by atoms with Gasteiger partial charge in [-0.1, -0.05) is 6.07 Å². The van der Waals surface area contributed by atoms with E-state index >= 15 is 0 Å². The molecule has 0 atom stereocenters. The molecule has 0 radical (unpaired) electrons. The van der Waals surface area contributed by atoms with Gasteiger partial charge in [-0.2, -0.15) is 13.2 Å². The van der Waals surface area contributed by atoms with E-state index < -0.39 is 11.7 Å². The summed E-state index contributed by atoms with van der Waals surface area (Å²) in [4.78, 5) is 2.95. The quantitative estimate of drug-likeness (QED) is 0.714. The molecule has 124 valence electrons. The van der Waals surface area contributed by atoms with E-state index in [9.17, 15) is 13.2 Å². The number of ether oxygens (including phenoxy) is 1. The SMILES string of the molecule is Nc1ccc(-c2nnc(COc3cccc(C(F)(F)F)c3)[nH]2)cc1. The highest BCUT2D eigenvalue weighted by atomic mass is 19.4. The van der Waals surface area contributed by atoms with Crippen LogP contribution < -0.4 is 10.5 Å². The maximum absolute atomic E-state index is 12.7. The van der Waals surface area contributed by atoms with Crippen molar-refractivity contribution in [1.29, 1.82) is 0 Å². The summed E-state index contributed by atoms with van der Waals surface area (Å²) in [5, 5.41) is 7.90. The Labute approximate surface area is 135 Å². The van der Waals surface area contributed by atoms with Crippen LogP contribution in [-0.4, -0.2) is 15.2 Å². The third-order valence-electron chi connectivity index (χ3n) is 3.25. The molecule has 0 saturated heterocycles. The number of anilines is 1. The minimum Gasteiger partial charge on any atom is -0.486 e. The molecule has 0 amide bonds. The first-order chi connectivity index (χ1) is 11.4. The number of hydrogen-bond donors (Lipinski definition) is 2. The Hall–Kier alpha value is -3.03. The number of halogens is 3. The maximum atomic E-state index is 12.7. The number of rotatable bonds is 4. The summed E-state index contributed by atoms with van der Waals surface area (Å²) in [7, 11) is 0. The van der Waals surface area contributed by atoms with Crippen LogP contribution in [0.3, 0.4) is 0 Å². The number of aromatic nitrogens is 3. The fourth-order valence-corrected chi connectivity index (χ4v) is 2.05. The van der Waals surface area contributed by atoms with Crippen LogP contribution in [0.5, 0.6) is 5.75 Å². The molecule has 0 spiro atoms. The summed E-state index contributed by atoms with van der Waals surface area (Å²) in [6.07, 6.45) is -4.41. The monoisotopic (exact) mass is 334 g/mol. The summed E-state index contributed by atoms with van der Waals surface area (Å²) in [6, 6.07) is 11.7. The molecule has 2 aromatic carbocycles. The van der Waals surface area contributed by atoms with Gasteiger partial charge in [0, 0.05) is 11.3 Å². The molecule has 0 unspecified atom stereocenters. The normalized spacial score (nSPS) is 11.5. The number of aromatic amines is 1. The minimum atomic E-state index is -4.41. The second kappa shape index (κ2) is 6.23. The van der Waals surface area contributed by atoms with Gasteiger partial charge in [0.15, 0.2) is 11.6 Å². The van der Waals surface area contributed by atoms with Gasteiger partial charge in [0.1, 0.15) is 12.4 Å². The van der Waals surface area contributed by atoms with E-state index in [0.29, 0.717) is 17.3 Å². The molecule has 3 aromatic rings. The van der Waals surface area contributed by atoms with Crippen LogP contribution in [0.15, 0.2) is 48.5 Å². The zero-order chi connectivity index (χ0) is 17.2. The predicted molar refractivity (Wildman–Crippen MR) is 82.0 cm³/mol.